The molecule has 4 heteroatoms. The summed E-state index contributed by atoms with van der Waals surface area (Å²) in [6.07, 6.45) is 28.3. The number of aliphatic hydroxyl groups excluding tert-OH is 1. The number of carbonyl (C=O) groups is 1. The van der Waals surface area contributed by atoms with Crippen molar-refractivity contribution < 1.29 is 19.4 Å². The number of ether oxygens (including phenoxy) is 2. The first-order valence-electron chi connectivity index (χ1n) is 16.3. The van der Waals surface area contributed by atoms with Crippen molar-refractivity contribution in [3.8, 4) is 0 Å². The van der Waals surface area contributed by atoms with Gasteiger partial charge in [0, 0.05) is 12.8 Å². The third-order valence-corrected chi connectivity index (χ3v) is 7.92. The summed E-state index contributed by atoms with van der Waals surface area (Å²) in [5, 5.41) is 10.6. The molecular formula is C33H62O4. The average molecular weight is 523 g/mol. The second kappa shape index (κ2) is 24.2. The van der Waals surface area contributed by atoms with Crippen molar-refractivity contribution in [1.82, 2.24) is 0 Å². The first-order valence-corrected chi connectivity index (χ1v) is 16.3. The molecule has 37 heavy (non-hydrogen) atoms. The summed E-state index contributed by atoms with van der Waals surface area (Å²) in [7, 11) is 0. The van der Waals surface area contributed by atoms with Crippen molar-refractivity contribution in [2.45, 2.75) is 192 Å². The second-order valence-electron chi connectivity index (χ2n) is 11.5. The van der Waals surface area contributed by atoms with Crippen molar-refractivity contribution in [3.63, 3.8) is 0 Å². The third kappa shape index (κ3) is 18.1. The van der Waals surface area contributed by atoms with Crippen LogP contribution in [0, 0.1) is 0 Å². The van der Waals surface area contributed by atoms with Gasteiger partial charge >= 0.3 is 5.97 Å². The van der Waals surface area contributed by atoms with E-state index in [1.54, 1.807) is 0 Å². The molecule has 1 saturated heterocycles. The molecule has 0 bridgehead atoms. The summed E-state index contributed by atoms with van der Waals surface area (Å²) in [5.74, 6) is -0.0839. The van der Waals surface area contributed by atoms with Crippen LogP contribution in [0.2, 0.25) is 0 Å². The minimum Gasteiger partial charge on any atom is -0.460 e. The molecule has 0 aliphatic carbocycles. The Kier molecular flexibility index (Phi) is 22.3. The van der Waals surface area contributed by atoms with E-state index in [1.165, 1.54) is 89.9 Å². The zero-order valence-corrected chi connectivity index (χ0v) is 24.7. The third-order valence-electron chi connectivity index (χ3n) is 7.92. The monoisotopic (exact) mass is 522 g/mol. The Hall–Kier alpha value is -0.870. The SMILES string of the molecule is C=CCCCCCCCC(OC(=O)CCCCCCCCCCCCC)C1CC(O)C(CCCCC)O1. The van der Waals surface area contributed by atoms with Crippen LogP contribution in [0.15, 0.2) is 12.7 Å². The molecule has 0 amide bonds. The van der Waals surface area contributed by atoms with Gasteiger partial charge in [0.15, 0.2) is 0 Å². The Morgan fingerprint density at radius 2 is 1.38 bits per heavy atom. The maximum absolute atomic E-state index is 12.7. The number of hydrogen-bond donors (Lipinski definition) is 1. The molecule has 0 aromatic heterocycles. The van der Waals surface area contributed by atoms with Crippen LogP contribution in [0.1, 0.15) is 168 Å². The standard InChI is InChI=1S/C33H62O4/c1-4-7-10-12-14-15-16-17-19-21-24-27-33(35)37-31(26-23-20-18-13-11-8-5-2)32-28-29(34)30(36-32)25-22-9-6-3/h5,29-32,34H,2,4,6-28H2,1,3H3. The molecule has 4 unspecified atom stereocenters. The highest BCUT2D eigenvalue weighted by Crippen LogP contribution is 2.30. The first kappa shape index (κ1) is 34.2. The van der Waals surface area contributed by atoms with Crippen LogP contribution < -0.4 is 0 Å². The van der Waals surface area contributed by atoms with Gasteiger partial charge in [-0.3, -0.25) is 4.79 Å². The van der Waals surface area contributed by atoms with Gasteiger partial charge in [-0.25, -0.2) is 0 Å². The molecule has 1 aliphatic heterocycles. The summed E-state index contributed by atoms with van der Waals surface area (Å²) in [6, 6.07) is 0. The molecule has 1 aliphatic rings. The molecule has 0 radical (unpaired) electrons. The fourth-order valence-corrected chi connectivity index (χ4v) is 5.50. The molecule has 0 saturated carbocycles. The molecule has 218 valence electrons. The first-order chi connectivity index (χ1) is 18.1. The van der Waals surface area contributed by atoms with Gasteiger partial charge in [-0.1, -0.05) is 123 Å². The van der Waals surface area contributed by atoms with Gasteiger partial charge in [0.05, 0.1) is 18.3 Å². The molecule has 1 heterocycles. The smallest absolute Gasteiger partial charge is 0.306 e. The number of rotatable bonds is 26. The van der Waals surface area contributed by atoms with E-state index in [-0.39, 0.29) is 24.3 Å². The zero-order chi connectivity index (χ0) is 27.0. The number of unbranched alkanes of at least 4 members (excludes halogenated alkanes) is 17. The van der Waals surface area contributed by atoms with Gasteiger partial charge < -0.3 is 14.6 Å². The van der Waals surface area contributed by atoms with Crippen LogP contribution in [-0.4, -0.2) is 35.5 Å². The van der Waals surface area contributed by atoms with Crippen LogP contribution >= 0.6 is 0 Å². The highest BCUT2D eigenvalue weighted by atomic mass is 16.6. The van der Waals surface area contributed by atoms with E-state index < -0.39 is 6.10 Å². The number of carbonyl (C=O) groups excluding carboxylic acids is 1. The van der Waals surface area contributed by atoms with Crippen molar-refractivity contribution in [2.24, 2.45) is 0 Å². The number of esters is 1. The highest BCUT2D eigenvalue weighted by molar-refractivity contribution is 5.69. The minimum absolute atomic E-state index is 0.0839. The maximum atomic E-state index is 12.7. The summed E-state index contributed by atoms with van der Waals surface area (Å²) in [5.41, 5.74) is 0. The highest BCUT2D eigenvalue weighted by Gasteiger charge is 2.39. The number of aliphatic hydroxyl groups is 1. The maximum Gasteiger partial charge on any atom is 0.306 e. The molecule has 4 nitrogen and oxygen atoms in total. The van der Waals surface area contributed by atoms with Crippen molar-refractivity contribution in [2.75, 3.05) is 0 Å². The van der Waals surface area contributed by atoms with E-state index >= 15 is 0 Å². The molecule has 1 N–H and O–H groups in total. The Labute approximate surface area is 230 Å². The Morgan fingerprint density at radius 1 is 0.838 bits per heavy atom. The molecule has 0 aromatic rings. The lowest BCUT2D eigenvalue weighted by Crippen LogP contribution is -2.32. The Bertz CT molecular complexity index is 534. The van der Waals surface area contributed by atoms with Gasteiger partial charge in [0.1, 0.15) is 6.10 Å². The quantitative estimate of drug-likeness (QED) is 0.0698. The second-order valence-corrected chi connectivity index (χ2v) is 11.5. The van der Waals surface area contributed by atoms with Gasteiger partial charge in [-0.2, -0.15) is 0 Å². The normalized spacial score (nSPS) is 20.2. The van der Waals surface area contributed by atoms with E-state index in [2.05, 4.69) is 20.4 Å². The lowest BCUT2D eigenvalue weighted by Gasteiger charge is -2.24. The van der Waals surface area contributed by atoms with E-state index in [0.29, 0.717) is 12.8 Å². The predicted octanol–water partition coefficient (Wildman–Crippen LogP) is 9.61. The van der Waals surface area contributed by atoms with Crippen LogP contribution in [0.25, 0.3) is 0 Å². The number of hydrogen-bond acceptors (Lipinski definition) is 4. The number of allylic oxidation sites excluding steroid dienone is 1. The summed E-state index contributed by atoms with van der Waals surface area (Å²) < 4.78 is 12.3. The molecule has 4 atom stereocenters. The van der Waals surface area contributed by atoms with Gasteiger partial charge in [0.25, 0.3) is 0 Å². The summed E-state index contributed by atoms with van der Waals surface area (Å²) in [6.45, 7) is 8.25. The zero-order valence-electron chi connectivity index (χ0n) is 24.7. The lowest BCUT2D eigenvalue weighted by molar-refractivity contribution is -0.158. The Balaban J connectivity index is 2.33. The van der Waals surface area contributed by atoms with E-state index in [9.17, 15) is 9.90 Å². The average Bonchev–Trinajstić information content (AvgIpc) is 3.26. The van der Waals surface area contributed by atoms with Gasteiger partial charge in [0.2, 0.25) is 0 Å². The fraction of sp³-hybridized carbons (Fsp3) is 0.909. The fourth-order valence-electron chi connectivity index (χ4n) is 5.50. The predicted molar refractivity (Wildman–Crippen MR) is 157 cm³/mol. The molecule has 0 aromatic carbocycles. The molecule has 0 spiro atoms. The van der Waals surface area contributed by atoms with Crippen LogP contribution in [0.3, 0.4) is 0 Å². The van der Waals surface area contributed by atoms with Gasteiger partial charge in [-0.15, -0.1) is 6.58 Å². The van der Waals surface area contributed by atoms with Crippen LogP contribution in [0.4, 0.5) is 0 Å². The summed E-state index contributed by atoms with van der Waals surface area (Å²) >= 11 is 0. The van der Waals surface area contributed by atoms with Crippen molar-refractivity contribution >= 4 is 5.97 Å². The van der Waals surface area contributed by atoms with Gasteiger partial charge in [-0.05, 0) is 38.5 Å². The van der Waals surface area contributed by atoms with E-state index in [0.717, 1.165) is 51.4 Å². The van der Waals surface area contributed by atoms with E-state index in [1.807, 2.05) is 6.08 Å². The van der Waals surface area contributed by atoms with Crippen molar-refractivity contribution in [3.05, 3.63) is 12.7 Å². The summed E-state index contributed by atoms with van der Waals surface area (Å²) in [4.78, 5) is 12.7. The molecular weight excluding hydrogens is 460 g/mol. The molecule has 1 fully saturated rings. The van der Waals surface area contributed by atoms with E-state index in [4.69, 9.17) is 9.47 Å². The Morgan fingerprint density at radius 3 is 2.00 bits per heavy atom. The van der Waals surface area contributed by atoms with Crippen molar-refractivity contribution in [1.29, 1.82) is 0 Å². The molecule has 1 rings (SSSR count). The van der Waals surface area contributed by atoms with Crippen LogP contribution in [0.5, 0.6) is 0 Å². The van der Waals surface area contributed by atoms with Crippen LogP contribution in [-0.2, 0) is 14.3 Å². The lowest BCUT2D eigenvalue weighted by atomic mass is 10.00. The topological polar surface area (TPSA) is 55.8 Å². The largest absolute Gasteiger partial charge is 0.460 e. The minimum atomic E-state index is -0.436.